The predicted octanol–water partition coefficient (Wildman–Crippen LogP) is 4.47. The van der Waals surface area contributed by atoms with E-state index < -0.39 is 11.6 Å². The molecule has 142 valence electrons. The highest BCUT2D eigenvalue weighted by atomic mass is 79.9. The van der Waals surface area contributed by atoms with Gasteiger partial charge in [0.1, 0.15) is 5.76 Å². The van der Waals surface area contributed by atoms with E-state index in [1.807, 2.05) is 40.7 Å². The van der Waals surface area contributed by atoms with Crippen LogP contribution in [-0.4, -0.2) is 24.1 Å². The number of halogens is 1. The first-order chi connectivity index (χ1) is 12.3. The Morgan fingerprint density at radius 3 is 2.58 bits per heavy atom. The molecule has 1 atom stereocenters. The molecule has 2 rings (SSSR count). The van der Waals surface area contributed by atoms with Gasteiger partial charge in [0, 0.05) is 16.6 Å². The molecule has 1 aliphatic heterocycles. The summed E-state index contributed by atoms with van der Waals surface area (Å²) in [7, 11) is 0. The van der Waals surface area contributed by atoms with Crippen LogP contribution in [0.4, 0.5) is 4.79 Å². The molecule has 6 heteroatoms. The van der Waals surface area contributed by atoms with Crippen LogP contribution in [0, 0.1) is 6.92 Å². The molecule has 1 heterocycles. The van der Waals surface area contributed by atoms with Gasteiger partial charge in [0.05, 0.1) is 11.1 Å². The number of hydrogen-bond donors (Lipinski definition) is 2. The van der Waals surface area contributed by atoms with E-state index in [4.69, 9.17) is 4.74 Å². The molecule has 2 N–H and O–H groups in total. The van der Waals surface area contributed by atoms with Crippen molar-refractivity contribution in [2.45, 2.75) is 59.4 Å². The molecule has 0 radical (unpaired) electrons. The molecule has 5 nitrogen and oxygen atoms in total. The molecule has 0 fully saturated rings. The van der Waals surface area contributed by atoms with Crippen LogP contribution in [0.2, 0.25) is 0 Å². The van der Waals surface area contributed by atoms with Crippen LogP contribution >= 0.6 is 15.9 Å². The molecule has 2 amide bonds. The second-order valence-electron chi connectivity index (χ2n) is 6.79. The number of carbonyl (C=O) groups is 2. The van der Waals surface area contributed by atoms with Crippen LogP contribution in [0.15, 0.2) is 22.4 Å². The van der Waals surface area contributed by atoms with E-state index in [1.54, 1.807) is 0 Å². The number of benzene rings is 1. The minimum absolute atomic E-state index is 0.209. The van der Waals surface area contributed by atoms with Crippen molar-refractivity contribution in [3.8, 4) is 0 Å². The van der Waals surface area contributed by atoms with E-state index in [2.05, 4.69) is 32.6 Å². The van der Waals surface area contributed by atoms with Crippen molar-refractivity contribution in [2.24, 2.45) is 0 Å². The van der Waals surface area contributed by atoms with E-state index >= 15 is 0 Å². The van der Waals surface area contributed by atoms with Crippen LogP contribution in [0.25, 0.3) is 5.57 Å². The fourth-order valence-corrected chi connectivity index (χ4v) is 4.28. The average molecular weight is 423 g/mol. The number of nitrogens with one attached hydrogen (secondary N) is 2. The maximum Gasteiger partial charge on any atom is 0.412 e. The van der Waals surface area contributed by atoms with Crippen molar-refractivity contribution in [3.05, 3.63) is 39.1 Å². The van der Waals surface area contributed by atoms with Gasteiger partial charge in [-0.1, -0.05) is 42.3 Å². The third kappa shape index (κ3) is 3.95. The van der Waals surface area contributed by atoms with E-state index in [9.17, 15) is 9.59 Å². The summed E-state index contributed by atoms with van der Waals surface area (Å²) in [5.41, 5.74) is 2.69. The number of ether oxygens (including phenoxy) is 1. The first-order valence-corrected chi connectivity index (χ1v) is 9.89. The second kappa shape index (κ2) is 8.25. The zero-order valence-electron chi connectivity index (χ0n) is 16.1. The third-order valence-electron chi connectivity index (χ3n) is 4.56. The number of amides is 2. The van der Waals surface area contributed by atoms with E-state index in [0.29, 0.717) is 24.3 Å². The van der Waals surface area contributed by atoms with E-state index in [-0.39, 0.29) is 5.91 Å². The summed E-state index contributed by atoms with van der Waals surface area (Å²) >= 11 is 3.61. The Kier molecular flexibility index (Phi) is 6.50. The fraction of sp³-hybridized carbons (Fsp3) is 0.500. The largest absolute Gasteiger partial charge is 0.412 e. The summed E-state index contributed by atoms with van der Waals surface area (Å²) in [4.78, 5) is 25.1. The van der Waals surface area contributed by atoms with Crippen molar-refractivity contribution >= 4 is 33.5 Å². The summed E-state index contributed by atoms with van der Waals surface area (Å²) in [5, 5.41) is 5.68. The molecule has 26 heavy (non-hydrogen) atoms. The minimum Gasteiger partial charge on any atom is -0.411 e. The van der Waals surface area contributed by atoms with Gasteiger partial charge in [-0.05, 0) is 50.8 Å². The monoisotopic (exact) mass is 422 g/mol. The molecule has 0 aliphatic carbocycles. The molecule has 0 aromatic heterocycles. The molecule has 1 aromatic rings. The summed E-state index contributed by atoms with van der Waals surface area (Å²) < 4.78 is 6.50. The van der Waals surface area contributed by atoms with Gasteiger partial charge in [-0.3, -0.25) is 4.79 Å². The topological polar surface area (TPSA) is 67.4 Å². The minimum atomic E-state index is -0.707. The molecular weight excluding hydrogens is 396 g/mol. The SMILES string of the molecule is CCCC1(C)NC(=O)C(c2c(Br)cc(C)cc2CC)=C1OC(=O)NCC. The zero-order chi connectivity index (χ0) is 19.5. The Balaban J connectivity index is 2.70. The van der Waals surface area contributed by atoms with Crippen molar-refractivity contribution in [1.82, 2.24) is 10.6 Å². The number of aryl methyl sites for hydroxylation is 2. The predicted molar refractivity (Wildman–Crippen MR) is 107 cm³/mol. The Hall–Kier alpha value is -1.82. The Bertz CT molecular complexity index is 758. The maximum absolute atomic E-state index is 12.9. The standard InChI is InChI=1S/C20H27BrN2O3/c1-6-9-20(5)17(26-19(25)22-8-3)16(18(24)23-20)15-13(7-2)10-12(4)11-14(15)21/h10-11H,6-9H2,1-5H3,(H,22,25)(H,23,24). The van der Waals surface area contributed by atoms with Gasteiger partial charge in [-0.25, -0.2) is 4.79 Å². The van der Waals surface area contributed by atoms with Gasteiger partial charge in [0.2, 0.25) is 0 Å². The van der Waals surface area contributed by atoms with Gasteiger partial charge in [-0.15, -0.1) is 0 Å². The molecule has 1 aliphatic rings. The highest BCUT2D eigenvalue weighted by Crippen LogP contribution is 2.41. The number of hydrogen-bond acceptors (Lipinski definition) is 3. The maximum atomic E-state index is 12.9. The summed E-state index contributed by atoms with van der Waals surface area (Å²) in [6.07, 6.45) is 1.76. The third-order valence-corrected chi connectivity index (χ3v) is 5.18. The highest BCUT2D eigenvalue weighted by molar-refractivity contribution is 9.10. The molecular formula is C20H27BrN2O3. The van der Waals surface area contributed by atoms with Gasteiger partial charge < -0.3 is 15.4 Å². The quantitative estimate of drug-likeness (QED) is 0.710. The van der Waals surface area contributed by atoms with Gasteiger partial charge >= 0.3 is 6.09 Å². The van der Waals surface area contributed by atoms with Gasteiger partial charge in [0.15, 0.2) is 0 Å². The summed E-state index contributed by atoms with van der Waals surface area (Å²) in [6, 6.07) is 4.05. The van der Waals surface area contributed by atoms with Gasteiger partial charge in [-0.2, -0.15) is 0 Å². The van der Waals surface area contributed by atoms with Crippen molar-refractivity contribution in [2.75, 3.05) is 6.54 Å². The number of alkyl carbamates (subject to hydrolysis) is 1. The molecule has 0 spiro atoms. The second-order valence-corrected chi connectivity index (χ2v) is 7.65. The lowest BCUT2D eigenvalue weighted by Crippen LogP contribution is -2.43. The van der Waals surface area contributed by atoms with Crippen LogP contribution in [0.5, 0.6) is 0 Å². The van der Waals surface area contributed by atoms with Crippen molar-refractivity contribution in [3.63, 3.8) is 0 Å². The molecule has 0 saturated heterocycles. The zero-order valence-corrected chi connectivity index (χ0v) is 17.7. The lowest BCUT2D eigenvalue weighted by molar-refractivity contribution is -0.116. The molecule has 0 bridgehead atoms. The first-order valence-electron chi connectivity index (χ1n) is 9.09. The van der Waals surface area contributed by atoms with Crippen LogP contribution in [0.1, 0.15) is 57.2 Å². The Morgan fingerprint density at radius 2 is 2.00 bits per heavy atom. The highest BCUT2D eigenvalue weighted by Gasteiger charge is 2.45. The van der Waals surface area contributed by atoms with Crippen molar-refractivity contribution < 1.29 is 14.3 Å². The Labute approximate surface area is 163 Å². The molecule has 1 unspecified atom stereocenters. The first kappa shape index (κ1) is 20.5. The van der Waals surface area contributed by atoms with Crippen LogP contribution in [0.3, 0.4) is 0 Å². The molecule has 0 saturated carbocycles. The normalized spacial score (nSPS) is 19.5. The van der Waals surface area contributed by atoms with E-state index in [0.717, 1.165) is 34.0 Å². The molecule has 1 aromatic carbocycles. The summed E-state index contributed by atoms with van der Waals surface area (Å²) in [5.74, 6) is 0.189. The Morgan fingerprint density at radius 1 is 1.31 bits per heavy atom. The number of carbonyl (C=O) groups excluding carboxylic acids is 2. The van der Waals surface area contributed by atoms with Crippen LogP contribution in [-0.2, 0) is 16.0 Å². The smallest absolute Gasteiger partial charge is 0.411 e. The number of rotatable bonds is 6. The van der Waals surface area contributed by atoms with E-state index in [1.165, 1.54) is 0 Å². The van der Waals surface area contributed by atoms with Crippen molar-refractivity contribution in [1.29, 1.82) is 0 Å². The fourth-order valence-electron chi connectivity index (χ4n) is 3.46. The lowest BCUT2D eigenvalue weighted by Gasteiger charge is -2.26. The lowest BCUT2D eigenvalue weighted by atomic mass is 9.90. The summed E-state index contributed by atoms with van der Waals surface area (Å²) in [6.45, 7) is 10.3. The average Bonchev–Trinajstić information content (AvgIpc) is 2.78. The van der Waals surface area contributed by atoms with Crippen LogP contribution < -0.4 is 10.6 Å². The van der Waals surface area contributed by atoms with Gasteiger partial charge in [0.25, 0.3) is 5.91 Å².